The van der Waals surface area contributed by atoms with E-state index in [1.807, 2.05) is 65.5 Å². The molecule has 0 bridgehead atoms. The Morgan fingerprint density at radius 2 is 1.71 bits per heavy atom. The van der Waals surface area contributed by atoms with E-state index in [0.29, 0.717) is 12.1 Å². The van der Waals surface area contributed by atoms with E-state index in [9.17, 15) is 9.59 Å². The molecular formula is C22H20N4O2. The molecule has 1 amide bonds. The Balaban J connectivity index is 1.37. The summed E-state index contributed by atoms with van der Waals surface area (Å²) in [4.78, 5) is 24.5. The second-order valence-corrected chi connectivity index (χ2v) is 6.52. The number of aromatic nitrogens is 3. The zero-order chi connectivity index (χ0) is 19.3. The maximum Gasteiger partial charge on any atom is 0.255 e. The van der Waals surface area contributed by atoms with Crippen molar-refractivity contribution in [2.45, 2.75) is 13.0 Å². The molecule has 0 atom stereocenters. The van der Waals surface area contributed by atoms with Gasteiger partial charge in [-0.2, -0.15) is 5.10 Å². The van der Waals surface area contributed by atoms with Crippen LogP contribution in [0.15, 0.2) is 83.9 Å². The number of carbonyl (C=O) groups excluding carboxylic acids is 1. The van der Waals surface area contributed by atoms with Crippen LogP contribution in [-0.4, -0.2) is 26.8 Å². The normalized spacial score (nSPS) is 10.9. The highest BCUT2D eigenvalue weighted by Gasteiger charge is 2.08. The molecular weight excluding hydrogens is 352 g/mol. The van der Waals surface area contributed by atoms with Gasteiger partial charge in [0.2, 0.25) is 0 Å². The first kappa shape index (κ1) is 17.7. The van der Waals surface area contributed by atoms with Gasteiger partial charge in [-0.05, 0) is 30.7 Å². The van der Waals surface area contributed by atoms with Crippen LogP contribution in [0.3, 0.4) is 0 Å². The zero-order valence-electron chi connectivity index (χ0n) is 15.3. The summed E-state index contributed by atoms with van der Waals surface area (Å²) in [5.74, 6) is -0.199. The molecule has 6 heteroatoms. The van der Waals surface area contributed by atoms with Gasteiger partial charge in [-0.15, -0.1) is 0 Å². The summed E-state index contributed by atoms with van der Waals surface area (Å²) in [6.45, 7) is 1.25. The lowest BCUT2D eigenvalue weighted by Crippen LogP contribution is -2.27. The third kappa shape index (κ3) is 3.86. The predicted molar refractivity (Wildman–Crippen MR) is 109 cm³/mol. The average molecular weight is 372 g/mol. The first-order chi connectivity index (χ1) is 13.7. The van der Waals surface area contributed by atoms with E-state index in [1.165, 1.54) is 10.6 Å². The Kier molecular flexibility index (Phi) is 5.01. The molecule has 2 aromatic carbocycles. The van der Waals surface area contributed by atoms with Crippen molar-refractivity contribution in [1.29, 1.82) is 0 Å². The van der Waals surface area contributed by atoms with Gasteiger partial charge in [0.25, 0.3) is 11.5 Å². The second-order valence-electron chi connectivity index (χ2n) is 6.52. The first-order valence-corrected chi connectivity index (χ1v) is 9.19. The molecule has 2 heterocycles. The standard InChI is InChI=1S/C22H20N4O2/c27-21-12-11-18(16-26(21)19-8-2-1-3-9-19)22(28)23-13-6-14-25-15-17-7-4-5-10-20(17)24-25/h1-5,7-12,15-16H,6,13-14H2,(H,23,28). The summed E-state index contributed by atoms with van der Waals surface area (Å²) in [6.07, 6.45) is 4.35. The molecule has 0 spiro atoms. The number of benzene rings is 2. The highest BCUT2D eigenvalue weighted by molar-refractivity contribution is 5.93. The van der Waals surface area contributed by atoms with Gasteiger partial charge in [-0.3, -0.25) is 18.8 Å². The Bertz CT molecular complexity index is 1130. The summed E-state index contributed by atoms with van der Waals surface area (Å²) in [6, 6.07) is 20.2. The van der Waals surface area contributed by atoms with E-state index in [4.69, 9.17) is 0 Å². The Morgan fingerprint density at radius 3 is 2.54 bits per heavy atom. The van der Waals surface area contributed by atoms with Crippen molar-refractivity contribution < 1.29 is 4.79 Å². The van der Waals surface area contributed by atoms with Gasteiger partial charge in [0.05, 0.1) is 11.1 Å². The number of para-hydroxylation sites is 1. The van der Waals surface area contributed by atoms with E-state index < -0.39 is 0 Å². The SMILES string of the molecule is O=C(NCCCn1cc2ccccc2n1)c1ccc(=O)n(-c2ccccc2)c1. The third-order valence-corrected chi connectivity index (χ3v) is 4.52. The number of pyridine rings is 1. The van der Waals surface area contributed by atoms with Crippen molar-refractivity contribution in [3.05, 3.63) is 95.0 Å². The van der Waals surface area contributed by atoms with Crippen LogP contribution >= 0.6 is 0 Å². The van der Waals surface area contributed by atoms with E-state index in [0.717, 1.165) is 29.6 Å². The van der Waals surface area contributed by atoms with Gasteiger partial charge in [0, 0.05) is 42.6 Å². The smallest absolute Gasteiger partial charge is 0.255 e. The van der Waals surface area contributed by atoms with Gasteiger partial charge in [-0.25, -0.2) is 0 Å². The number of nitrogens with one attached hydrogen (secondary N) is 1. The summed E-state index contributed by atoms with van der Waals surface area (Å²) in [5.41, 5.74) is 1.98. The summed E-state index contributed by atoms with van der Waals surface area (Å²) in [7, 11) is 0. The van der Waals surface area contributed by atoms with E-state index in [-0.39, 0.29) is 11.5 Å². The lowest BCUT2D eigenvalue weighted by Gasteiger charge is -2.09. The van der Waals surface area contributed by atoms with Crippen LogP contribution in [0.5, 0.6) is 0 Å². The van der Waals surface area contributed by atoms with Crippen LogP contribution in [0, 0.1) is 0 Å². The van der Waals surface area contributed by atoms with E-state index in [2.05, 4.69) is 10.4 Å². The van der Waals surface area contributed by atoms with Crippen molar-refractivity contribution in [3.63, 3.8) is 0 Å². The van der Waals surface area contributed by atoms with Crippen LogP contribution < -0.4 is 10.9 Å². The third-order valence-electron chi connectivity index (χ3n) is 4.52. The Hall–Kier alpha value is -3.67. The number of fused-ring (bicyclic) bond motifs is 1. The number of rotatable bonds is 6. The predicted octanol–water partition coefficient (Wildman–Crippen LogP) is 3.01. The lowest BCUT2D eigenvalue weighted by atomic mass is 10.2. The van der Waals surface area contributed by atoms with Crippen LogP contribution in [0.4, 0.5) is 0 Å². The molecule has 0 aliphatic carbocycles. The van der Waals surface area contributed by atoms with E-state index >= 15 is 0 Å². The number of nitrogens with zero attached hydrogens (tertiary/aromatic N) is 3. The van der Waals surface area contributed by atoms with Gasteiger partial charge >= 0.3 is 0 Å². The molecule has 6 nitrogen and oxygen atoms in total. The maximum absolute atomic E-state index is 12.4. The maximum atomic E-state index is 12.4. The first-order valence-electron chi connectivity index (χ1n) is 9.19. The van der Waals surface area contributed by atoms with Crippen LogP contribution in [0.25, 0.3) is 16.6 Å². The number of hydrogen-bond acceptors (Lipinski definition) is 3. The quantitative estimate of drug-likeness (QED) is 0.529. The highest BCUT2D eigenvalue weighted by Crippen LogP contribution is 2.11. The van der Waals surface area contributed by atoms with Gasteiger partial charge in [-0.1, -0.05) is 36.4 Å². The molecule has 0 radical (unpaired) electrons. The Morgan fingerprint density at radius 1 is 0.929 bits per heavy atom. The number of amides is 1. The topological polar surface area (TPSA) is 68.9 Å². The molecule has 0 aliphatic heterocycles. The minimum Gasteiger partial charge on any atom is -0.352 e. The fourth-order valence-corrected chi connectivity index (χ4v) is 3.09. The molecule has 0 unspecified atom stereocenters. The molecule has 0 saturated heterocycles. The fourth-order valence-electron chi connectivity index (χ4n) is 3.09. The molecule has 1 N–H and O–H groups in total. The Labute approximate surface area is 162 Å². The van der Waals surface area contributed by atoms with Crippen molar-refractivity contribution in [3.8, 4) is 5.69 Å². The average Bonchev–Trinajstić information content (AvgIpc) is 3.15. The second kappa shape index (κ2) is 7.92. The summed E-state index contributed by atoms with van der Waals surface area (Å²) < 4.78 is 3.37. The van der Waals surface area contributed by atoms with Crippen LogP contribution in [0.1, 0.15) is 16.8 Å². The molecule has 2 aromatic heterocycles. The van der Waals surface area contributed by atoms with Crippen LogP contribution in [0.2, 0.25) is 0 Å². The summed E-state index contributed by atoms with van der Waals surface area (Å²) >= 11 is 0. The fraction of sp³-hybridized carbons (Fsp3) is 0.136. The van der Waals surface area contributed by atoms with Crippen molar-refractivity contribution in [1.82, 2.24) is 19.7 Å². The lowest BCUT2D eigenvalue weighted by molar-refractivity contribution is 0.0952. The van der Waals surface area contributed by atoms with Crippen molar-refractivity contribution in [2.24, 2.45) is 0 Å². The van der Waals surface area contributed by atoms with Gasteiger partial charge < -0.3 is 5.32 Å². The molecule has 140 valence electrons. The molecule has 28 heavy (non-hydrogen) atoms. The molecule has 0 saturated carbocycles. The highest BCUT2D eigenvalue weighted by atomic mass is 16.2. The molecule has 4 aromatic rings. The van der Waals surface area contributed by atoms with Gasteiger partial charge in [0.1, 0.15) is 0 Å². The zero-order valence-corrected chi connectivity index (χ0v) is 15.3. The number of hydrogen-bond donors (Lipinski definition) is 1. The van der Waals surface area contributed by atoms with Crippen LogP contribution in [-0.2, 0) is 6.54 Å². The monoisotopic (exact) mass is 372 g/mol. The van der Waals surface area contributed by atoms with Crippen molar-refractivity contribution in [2.75, 3.05) is 6.54 Å². The molecule has 0 fully saturated rings. The van der Waals surface area contributed by atoms with Crippen molar-refractivity contribution >= 4 is 16.8 Å². The number of carbonyl (C=O) groups is 1. The molecule has 4 rings (SSSR count). The summed E-state index contributed by atoms with van der Waals surface area (Å²) in [5, 5.41) is 8.52. The molecule has 0 aliphatic rings. The van der Waals surface area contributed by atoms with E-state index in [1.54, 1.807) is 12.3 Å². The number of aryl methyl sites for hydroxylation is 1. The van der Waals surface area contributed by atoms with Gasteiger partial charge in [0.15, 0.2) is 0 Å². The minimum absolute atomic E-state index is 0.173. The minimum atomic E-state index is -0.199. The largest absolute Gasteiger partial charge is 0.352 e.